The van der Waals surface area contributed by atoms with E-state index >= 15 is 0 Å². The number of anilines is 1. The van der Waals surface area contributed by atoms with Crippen LogP contribution in [0.4, 0.5) is 10.3 Å². The van der Waals surface area contributed by atoms with Gasteiger partial charge in [0.15, 0.2) is 0 Å². The van der Waals surface area contributed by atoms with E-state index < -0.39 is 11.8 Å². The van der Waals surface area contributed by atoms with Crippen molar-refractivity contribution in [3.05, 3.63) is 24.0 Å². The molecule has 0 unspecified atom stereocenters. The van der Waals surface area contributed by atoms with Gasteiger partial charge in [0.05, 0.1) is 18.1 Å². The zero-order valence-corrected chi connectivity index (χ0v) is 8.61. The van der Waals surface area contributed by atoms with Gasteiger partial charge in [0.1, 0.15) is 12.4 Å². The second kappa shape index (κ2) is 3.80. The largest absolute Gasteiger partial charge is 0.468 e. The van der Waals surface area contributed by atoms with E-state index in [0.717, 1.165) is 0 Å². The third-order valence-electron chi connectivity index (χ3n) is 2.25. The van der Waals surface area contributed by atoms with Gasteiger partial charge in [-0.15, -0.1) is 0 Å². The molecule has 2 aromatic rings. The van der Waals surface area contributed by atoms with Gasteiger partial charge in [-0.2, -0.15) is 0 Å². The van der Waals surface area contributed by atoms with Gasteiger partial charge in [-0.25, -0.2) is 9.37 Å². The van der Waals surface area contributed by atoms with Gasteiger partial charge in [0, 0.05) is 6.07 Å². The summed E-state index contributed by atoms with van der Waals surface area (Å²) in [6.45, 7) is -0.0372. The highest BCUT2D eigenvalue weighted by molar-refractivity contribution is 5.81. The summed E-state index contributed by atoms with van der Waals surface area (Å²) in [5.41, 5.74) is 6.65. The first-order valence-electron chi connectivity index (χ1n) is 4.60. The molecule has 1 heterocycles. The van der Waals surface area contributed by atoms with Crippen LogP contribution in [0.5, 0.6) is 0 Å². The van der Waals surface area contributed by atoms with Crippen LogP contribution < -0.4 is 5.73 Å². The third-order valence-corrected chi connectivity index (χ3v) is 2.25. The first-order valence-corrected chi connectivity index (χ1v) is 4.60. The Morgan fingerprint density at radius 3 is 3.06 bits per heavy atom. The lowest BCUT2D eigenvalue weighted by molar-refractivity contribution is -0.141. The predicted molar refractivity (Wildman–Crippen MR) is 56.1 cm³/mol. The minimum Gasteiger partial charge on any atom is -0.468 e. The first kappa shape index (κ1) is 10.4. The predicted octanol–water partition coefficient (Wildman–Crippen LogP) is 0.931. The molecular weight excluding hydrogens is 213 g/mol. The SMILES string of the molecule is COC(=O)Cn1c(N)nc2cc(F)ccc21. The van der Waals surface area contributed by atoms with Crippen molar-refractivity contribution in [2.45, 2.75) is 6.54 Å². The highest BCUT2D eigenvalue weighted by Crippen LogP contribution is 2.18. The summed E-state index contributed by atoms with van der Waals surface area (Å²) in [4.78, 5) is 15.1. The number of benzene rings is 1. The zero-order chi connectivity index (χ0) is 11.7. The number of imidazole rings is 1. The molecule has 0 bridgehead atoms. The monoisotopic (exact) mass is 223 g/mol. The number of carbonyl (C=O) groups excluding carboxylic acids is 1. The van der Waals surface area contributed by atoms with Crippen LogP contribution in [0.2, 0.25) is 0 Å². The molecule has 0 aliphatic heterocycles. The van der Waals surface area contributed by atoms with Crippen LogP contribution in [-0.4, -0.2) is 22.6 Å². The quantitative estimate of drug-likeness (QED) is 0.769. The smallest absolute Gasteiger partial charge is 0.325 e. The molecule has 0 amide bonds. The van der Waals surface area contributed by atoms with Gasteiger partial charge < -0.3 is 10.5 Å². The second-order valence-corrected chi connectivity index (χ2v) is 3.27. The average molecular weight is 223 g/mol. The number of nitrogen functional groups attached to an aromatic ring is 1. The van der Waals surface area contributed by atoms with Crippen molar-refractivity contribution in [1.29, 1.82) is 0 Å². The Balaban J connectivity index is 2.52. The number of methoxy groups -OCH3 is 1. The van der Waals surface area contributed by atoms with E-state index in [1.54, 1.807) is 0 Å². The number of hydrogen-bond donors (Lipinski definition) is 1. The summed E-state index contributed by atoms with van der Waals surface area (Å²) in [7, 11) is 1.29. The van der Waals surface area contributed by atoms with Crippen molar-refractivity contribution in [2.24, 2.45) is 0 Å². The lowest BCUT2D eigenvalue weighted by atomic mass is 10.3. The summed E-state index contributed by atoms with van der Waals surface area (Å²) in [6.07, 6.45) is 0. The summed E-state index contributed by atoms with van der Waals surface area (Å²) in [5, 5.41) is 0. The average Bonchev–Trinajstić information content (AvgIpc) is 2.54. The van der Waals surface area contributed by atoms with Crippen molar-refractivity contribution in [3.8, 4) is 0 Å². The molecule has 0 atom stereocenters. The maximum absolute atomic E-state index is 12.9. The van der Waals surface area contributed by atoms with E-state index in [4.69, 9.17) is 5.73 Å². The second-order valence-electron chi connectivity index (χ2n) is 3.27. The Hall–Kier alpha value is -2.11. The number of ether oxygens (including phenoxy) is 1. The molecular formula is C10H10FN3O2. The number of rotatable bonds is 2. The molecule has 1 aromatic carbocycles. The van der Waals surface area contributed by atoms with Crippen LogP contribution in [0.1, 0.15) is 0 Å². The number of fused-ring (bicyclic) bond motifs is 1. The van der Waals surface area contributed by atoms with E-state index in [2.05, 4.69) is 9.72 Å². The van der Waals surface area contributed by atoms with E-state index in [0.29, 0.717) is 11.0 Å². The standard InChI is InChI=1S/C10H10FN3O2/c1-16-9(15)5-14-8-3-2-6(11)4-7(8)13-10(14)12/h2-4H,5H2,1H3,(H2,12,13). The van der Waals surface area contributed by atoms with Gasteiger partial charge in [-0.3, -0.25) is 9.36 Å². The first-order chi connectivity index (χ1) is 7.61. The van der Waals surface area contributed by atoms with Crippen molar-refractivity contribution in [2.75, 3.05) is 12.8 Å². The van der Waals surface area contributed by atoms with Crippen molar-refractivity contribution < 1.29 is 13.9 Å². The number of nitrogens with zero attached hydrogens (tertiary/aromatic N) is 2. The molecule has 6 heteroatoms. The minimum absolute atomic E-state index is 0.0372. The summed E-state index contributed by atoms with van der Waals surface area (Å²) in [5.74, 6) is -0.670. The minimum atomic E-state index is -0.435. The van der Waals surface area contributed by atoms with Crippen LogP contribution >= 0.6 is 0 Å². The Labute approximate surface area is 90.6 Å². The van der Waals surface area contributed by atoms with E-state index in [-0.39, 0.29) is 12.5 Å². The van der Waals surface area contributed by atoms with Gasteiger partial charge in [-0.1, -0.05) is 0 Å². The summed E-state index contributed by atoms with van der Waals surface area (Å²) < 4.78 is 18.9. The van der Waals surface area contributed by atoms with Gasteiger partial charge >= 0.3 is 5.97 Å². The van der Waals surface area contributed by atoms with Gasteiger partial charge in [0.25, 0.3) is 0 Å². The summed E-state index contributed by atoms with van der Waals surface area (Å²) in [6, 6.07) is 4.08. The van der Waals surface area contributed by atoms with Crippen molar-refractivity contribution in [1.82, 2.24) is 9.55 Å². The number of hydrogen-bond acceptors (Lipinski definition) is 4. The number of esters is 1. The molecule has 2 N–H and O–H groups in total. The topological polar surface area (TPSA) is 70.1 Å². The van der Waals surface area contributed by atoms with Crippen molar-refractivity contribution >= 4 is 23.0 Å². The number of halogens is 1. The van der Waals surface area contributed by atoms with Crippen LogP contribution in [0.25, 0.3) is 11.0 Å². The zero-order valence-electron chi connectivity index (χ0n) is 8.61. The van der Waals surface area contributed by atoms with E-state index in [9.17, 15) is 9.18 Å². The van der Waals surface area contributed by atoms with Crippen LogP contribution in [0, 0.1) is 5.82 Å². The molecule has 84 valence electrons. The normalized spacial score (nSPS) is 10.6. The number of aromatic nitrogens is 2. The fraction of sp³-hybridized carbons (Fsp3) is 0.200. The highest BCUT2D eigenvalue weighted by atomic mass is 19.1. The Morgan fingerprint density at radius 2 is 2.38 bits per heavy atom. The molecule has 0 fully saturated rings. The molecule has 0 saturated heterocycles. The van der Waals surface area contributed by atoms with Gasteiger partial charge in [0.2, 0.25) is 5.95 Å². The lowest BCUT2D eigenvalue weighted by Gasteiger charge is -2.03. The molecule has 0 radical (unpaired) electrons. The van der Waals surface area contributed by atoms with Gasteiger partial charge in [-0.05, 0) is 12.1 Å². The molecule has 1 aromatic heterocycles. The number of carbonyl (C=O) groups is 1. The Morgan fingerprint density at radius 1 is 1.62 bits per heavy atom. The van der Waals surface area contributed by atoms with Crippen LogP contribution in [0.15, 0.2) is 18.2 Å². The number of nitrogens with two attached hydrogens (primary N) is 1. The molecule has 16 heavy (non-hydrogen) atoms. The molecule has 0 spiro atoms. The maximum Gasteiger partial charge on any atom is 0.325 e. The summed E-state index contributed by atoms with van der Waals surface area (Å²) >= 11 is 0. The molecule has 0 aliphatic rings. The molecule has 2 rings (SSSR count). The Bertz CT molecular complexity index is 550. The van der Waals surface area contributed by atoms with Crippen molar-refractivity contribution in [3.63, 3.8) is 0 Å². The highest BCUT2D eigenvalue weighted by Gasteiger charge is 2.12. The Kier molecular flexibility index (Phi) is 2.47. The van der Waals surface area contributed by atoms with Crippen LogP contribution in [0.3, 0.4) is 0 Å². The third kappa shape index (κ3) is 1.69. The molecule has 5 nitrogen and oxygen atoms in total. The fourth-order valence-electron chi connectivity index (χ4n) is 1.48. The molecule has 0 saturated carbocycles. The van der Waals surface area contributed by atoms with E-state index in [1.165, 1.54) is 29.9 Å². The maximum atomic E-state index is 12.9. The van der Waals surface area contributed by atoms with E-state index in [1.807, 2.05) is 0 Å². The lowest BCUT2D eigenvalue weighted by Crippen LogP contribution is -2.13. The fourth-order valence-corrected chi connectivity index (χ4v) is 1.48. The van der Waals surface area contributed by atoms with Crippen LogP contribution in [-0.2, 0) is 16.1 Å². The molecule has 0 aliphatic carbocycles.